The van der Waals surface area contributed by atoms with Gasteiger partial charge in [0.25, 0.3) is 5.91 Å². The zero-order chi connectivity index (χ0) is 21.6. The fourth-order valence-corrected chi connectivity index (χ4v) is 3.92. The second-order valence-corrected chi connectivity index (χ2v) is 9.14. The maximum absolute atomic E-state index is 12.5. The van der Waals surface area contributed by atoms with Crippen molar-refractivity contribution in [3.8, 4) is 0 Å². The first-order chi connectivity index (χ1) is 14.3. The number of benzene rings is 2. The topological polar surface area (TPSA) is 108 Å². The van der Waals surface area contributed by atoms with Crippen molar-refractivity contribution in [1.29, 1.82) is 0 Å². The summed E-state index contributed by atoms with van der Waals surface area (Å²) >= 11 is 0. The van der Waals surface area contributed by atoms with Crippen LogP contribution in [0, 0.1) is 0 Å². The van der Waals surface area contributed by atoms with Gasteiger partial charge in [0, 0.05) is 36.1 Å². The van der Waals surface area contributed by atoms with Gasteiger partial charge in [0.05, 0.1) is 12.8 Å². The average molecular weight is 431 g/mol. The number of para-hydroxylation sites is 1. The SMILES string of the molecule is CS(=O)(=O)Nc1cccc(C(=O)NC2CCN(CC(=O)Nc3ccccc3)CC2)c1. The van der Waals surface area contributed by atoms with Crippen molar-refractivity contribution in [2.45, 2.75) is 18.9 Å². The molecule has 0 bridgehead atoms. The largest absolute Gasteiger partial charge is 0.349 e. The van der Waals surface area contributed by atoms with Crippen LogP contribution >= 0.6 is 0 Å². The number of rotatable bonds is 7. The Labute approximate surface area is 176 Å². The monoisotopic (exact) mass is 430 g/mol. The fourth-order valence-electron chi connectivity index (χ4n) is 3.37. The number of nitrogens with one attached hydrogen (secondary N) is 3. The molecule has 0 aromatic heterocycles. The molecule has 0 radical (unpaired) electrons. The minimum atomic E-state index is -3.40. The van der Waals surface area contributed by atoms with E-state index < -0.39 is 10.0 Å². The Bertz CT molecular complexity index is 987. The second kappa shape index (κ2) is 9.73. The van der Waals surface area contributed by atoms with Crippen molar-refractivity contribution in [2.24, 2.45) is 0 Å². The van der Waals surface area contributed by atoms with Gasteiger partial charge < -0.3 is 10.6 Å². The molecule has 2 aromatic carbocycles. The summed E-state index contributed by atoms with van der Waals surface area (Å²) in [7, 11) is -3.40. The molecule has 9 heteroatoms. The van der Waals surface area contributed by atoms with E-state index in [0.717, 1.165) is 24.8 Å². The summed E-state index contributed by atoms with van der Waals surface area (Å²) in [5.74, 6) is -0.300. The molecular formula is C21H26N4O4S. The lowest BCUT2D eigenvalue weighted by atomic mass is 10.0. The van der Waals surface area contributed by atoms with E-state index in [1.165, 1.54) is 6.07 Å². The molecule has 0 spiro atoms. The molecule has 0 aliphatic carbocycles. The highest BCUT2D eigenvalue weighted by Gasteiger charge is 2.22. The van der Waals surface area contributed by atoms with Gasteiger partial charge in [0.2, 0.25) is 15.9 Å². The van der Waals surface area contributed by atoms with Crippen LogP contribution in [0.25, 0.3) is 0 Å². The number of sulfonamides is 1. The van der Waals surface area contributed by atoms with E-state index in [9.17, 15) is 18.0 Å². The maximum Gasteiger partial charge on any atom is 0.251 e. The molecule has 1 aliphatic rings. The molecule has 1 aliphatic heterocycles. The van der Waals surface area contributed by atoms with Crippen LogP contribution in [0.3, 0.4) is 0 Å². The van der Waals surface area contributed by atoms with E-state index in [0.29, 0.717) is 30.9 Å². The number of anilines is 2. The maximum atomic E-state index is 12.5. The minimum Gasteiger partial charge on any atom is -0.349 e. The number of likely N-dealkylation sites (tertiary alicyclic amines) is 1. The molecule has 30 heavy (non-hydrogen) atoms. The van der Waals surface area contributed by atoms with Crippen molar-refractivity contribution >= 4 is 33.2 Å². The summed E-state index contributed by atoms with van der Waals surface area (Å²) in [6.45, 7) is 1.74. The zero-order valence-electron chi connectivity index (χ0n) is 16.8. The molecule has 2 aromatic rings. The Balaban J connectivity index is 1.46. The number of nitrogens with zero attached hydrogens (tertiary/aromatic N) is 1. The van der Waals surface area contributed by atoms with Gasteiger partial charge in [-0.1, -0.05) is 24.3 Å². The normalized spacial score (nSPS) is 15.4. The van der Waals surface area contributed by atoms with Crippen LogP contribution in [0.1, 0.15) is 23.2 Å². The summed E-state index contributed by atoms with van der Waals surface area (Å²) in [5.41, 5.74) is 1.52. The van der Waals surface area contributed by atoms with E-state index in [2.05, 4.69) is 20.3 Å². The summed E-state index contributed by atoms with van der Waals surface area (Å²) in [6, 6.07) is 15.7. The number of hydrogen-bond acceptors (Lipinski definition) is 5. The molecule has 2 amide bonds. The van der Waals surface area contributed by atoms with Crippen molar-refractivity contribution < 1.29 is 18.0 Å². The van der Waals surface area contributed by atoms with Crippen LogP contribution in [0.5, 0.6) is 0 Å². The van der Waals surface area contributed by atoms with E-state index in [1.807, 2.05) is 30.3 Å². The predicted octanol–water partition coefficient (Wildman–Crippen LogP) is 1.89. The van der Waals surface area contributed by atoms with Gasteiger partial charge in [0.15, 0.2) is 0 Å². The van der Waals surface area contributed by atoms with Crippen LogP contribution in [0.2, 0.25) is 0 Å². The molecule has 3 N–H and O–H groups in total. The van der Waals surface area contributed by atoms with Gasteiger partial charge >= 0.3 is 0 Å². The number of amides is 2. The molecule has 0 unspecified atom stereocenters. The number of hydrogen-bond donors (Lipinski definition) is 3. The Hall–Kier alpha value is -2.91. The lowest BCUT2D eigenvalue weighted by Crippen LogP contribution is -2.46. The predicted molar refractivity (Wildman–Crippen MR) is 117 cm³/mol. The van der Waals surface area contributed by atoms with Gasteiger partial charge in [-0.2, -0.15) is 0 Å². The number of piperidine rings is 1. The minimum absolute atomic E-state index is 0.0115. The van der Waals surface area contributed by atoms with E-state index in [4.69, 9.17) is 0 Å². The van der Waals surface area contributed by atoms with Crippen LogP contribution in [-0.2, 0) is 14.8 Å². The van der Waals surface area contributed by atoms with Crippen LogP contribution in [0.15, 0.2) is 54.6 Å². The van der Waals surface area contributed by atoms with E-state index in [-0.39, 0.29) is 17.9 Å². The summed E-state index contributed by atoms with van der Waals surface area (Å²) < 4.78 is 25.1. The van der Waals surface area contributed by atoms with Gasteiger partial charge in [-0.25, -0.2) is 8.42 Å². The lowest BCUT2D eigenvalue weighted by Gasteiger charge is -2.31. The van der Waals surface area contributed by atoms with Crippen LogP contribution in [-0.4, -0.2) is 57.1 Å². The third-order valence-electron chi connectivity index (χ3n) is 4.78. The molecule has 3 rings (SSSR count). The van der Waals surface area contributed by atoms with Crippen molar-refractivity contribution in [2.75, 3.05) is 35.9 Å². The summed E-state index contributed by atoms with van der Waals surface area (Å²) in [5, 5.41) is 5.87. The molecular weight excluding hydrogens is 404 g/mol. The molecule has 1 saturated heterocycles. The highest BCUT2D eigenvalue weighted by atomic mass is 32.2. The van der Waals surface area contributed by atoms with Crippen molar-refractivity contribution in [1.82, 2.24) is 10.2 Å². The van der Waals surface area contributed by atoms with Crippen LogP contribution < -0.4 is 15.4 Å². The Morgan fingerprint density at radius 2 is 1.67 bits per heavy atom. The van der Waals surface area contributed by atoms with Crippen LogP contribution in [0.4, 0.5) is 11.4 Å². The molecule has 8 nitrogen and oxygen atoms in total. The van der Waals surface area contributed by atoms with Crippen molar-refractivity contribution in [3.63, 3.8) is 0 Å². The lowest BCUT2D eigenvalue weighted by molar-refractivity contribution is -0.117. The first-order valence-electron chi connectivity index (χ1n) is 9.74. The highest BCUT2D eigenvalue weighted by molar-refractivity contribution is 7.92. The fraction of sp³-hybridized carbons (Fsp3) is 0.333. The molecule has 160 valence electrons. The number of carbonyl (C=O) groups excluding carboxylic acids is 2. The smallest absolute Gasteiger partial charge is 0.251 e. The zero-order valence-corrected chi connectivity index (χ0v) is 17.6. The number of carbonyl (C=O) groups is 2. The first-order valence-corrected chi connectivity index (χ1v) is 11.6. The quantitative estimate of drug-likeness (QED) is 0.622. The molecule has 0 saturated carbocycles. The van der Waals surface area contributed by atoms with E-state index >= 15 is 0 Å². The highest BCUT2D eigenvalue weighted by Crippen LogP contribution is 2.15. The summed E-state index contributed by atoms with van der Waals surface area (Å²) in [4.78, 5) is 26.8. The van der Waals surface area contributed by atoms with Gasteiger partial charge in [0.1, 0.15) is 0 Å². The first kappa shape index (κ1) is 21.8. The molecule has 1 fully saturated rings. The van der Waals surface area contributed by atoms with Gasteiger partial charge in [-0.05, 0) is 43.2 Å². The summed E-state index contributed by atoms with van der Waals surface area (Å²) in [6.07, 6.45) is 2.55. The second-order valence-electron chi connectivity index (χ2n) is 7.39. The molecule has 0 atom stereocenters. The molecule has 1 heterocycles. The Morgan fingerprint density at radius 1 is 1.00 bits per heavy atom. The standard InChI is InChI=1S/C21H26N4O4S/c1-30(28,29)24-19-9-5-6-16(14-19)21(27)23-18-10-12-25(13-11-18)15-20(26)22-17-7-3-2-4-8-17/h2-9,14,18,24H,10-13,15H2,1H3,(H,22,26)(H,23,27). The Kier molecular flexibility index (Phi) is 7.07. The third kappa shape index (κ3) is 6.85. The van der Waals surface area contributed by atoms with Gasteiger partial charge in [-0.15, -0.1) is 0 Å². The average Bonchev–Trinajstić information content (AvgIpc) is 2.69. The van der Waals surface area contributed by atoms with Crippen molar-refractivity contribution in [3.05, 3.63) is 60.2 Å². The third-order valence-corrected chi connectivity index (χ3v) is 5.38. The van der Waals surface area contributed by atoms with E-state index in [1.54, 1.807) is 18.2 Å². The van der Waals surface area contributed by atoms with Gasteiger partial charge in [-0.3, -0.25) is 19.2 Å². The Morgan fingerprint density at radius 3 is 2.33 bits per heavy atom.